The topological polar surface area (TPSA) is 75.3 Å². The van der Waals surface area contributed by atoms with E-state index in [0.717, 1.165) is 17.5 Å². The van der Waals surface area contributed by atoms with Crippen LogP contribution in [-0.4, -0.2) is 25.7 Å². The van der Waals surface area contributed by atoms with Crippen molar-refractivity contribution >= 4 is 5.97 Å². The quantitative estimate of drug-likeness (QED) is 0.880. The van der Waals surface area contributed by atoms with E-state index in [1.807, 2.05) is 31.2 Å². The lowest BCUT2D eigenvalue weighted by Crippen LogP contribution is -2.19. The highest BCUT2D eigenvalue weighted by Gasteiger charge is 2.28. The van der Waals surface area contributed by atoms with Crippen LogP contribution in [0.3, 0.4) is 0 Å². The molecule has 0 saturated carbocycles. The fourth-order valence-corrected chi connectivity index (χ4v) is 2.68. The second kappa shape index (κ2) is 4.76. The number of aliphatic hydroxyl groups excluding tert-OH is 1. The maximum absolute atomic E-state index is 11.3. The van der Waals surface area contributed by atoms with Gasteiger partial charge in [-0.15, -0.1) is 0 Å². The molecule has 1 atom stereocenters. The summed E-state index contributed by atoms with van der Waals surface area (Å²) in [5.74, 6) is -0.509. The zero-order valence-electron chi connectivity index (χ0n) is 11.2. The zero-order valence-corrected chi connectivity index (χ0v) is 11.2. The van der Waals surface area contributed by atoms with E-state index in [-0.39, 0.29) is 5.69 Å². The Kier molecular flexibility index (Phi) is 3.06. The molecule has 5 nitrogen and oxygen atoms in total. The van der Waals surface area contributed by atoms with Gasteiger partial charge in [0.25, 0.3) is 0 Å². The predicted octanol–water partition coefficient (Wildman–Crippen LogP) is 2.38. The molecule has 1 aromatic carbocycles. The number of imidazole rings is 1. The van der Waals surface area contributed by atoms with Crippen molar-refractivity contribution in [2.75, 3.05) is 0 Å². The first-order valence-electron chi connectivity index (χ1n) is 6.67. The predicted molar refractivity (Wildman–Crippen MR) is 73.6 cm³/mol. The lowest BCUT2D eigenvalue weighted by Gasteiger charge is -2.23. The van der Waals surface area contributed by atoms with E-state index in [9.17, 15) is 15.0 Å². The van der Waals surface area contributed by atoms with E-state index in [1.54, 1.807) is 4.57 Å². The van der Waals surface area contributed by atoms with Crippen LogP contribution < -0.4 is 0 Å². The van der Waals surface area contributed by atoms with Crippen molar-refractivity contribution in [1.82, 2.24) is 9.55 Å². The number of aryl methyl sites for hydroxylation is 1. The summed E-state index contributed by atoms with van der Waals surface area (Å²) in [6.45, 7) is 1.99. The Hall–Kier alpha value is -2.14. The number of hydrogen-bond acceptors (Lipinski definition) is 3. The third-order valence-electron chi connectivity index (χ3n) is 3.70. The maximum Gasteiger partial charge on any atom is 0.356 e. The van der Waals surface area contributed by atoms with Crippen molar-refractivity contribution in [1.29, 1.82) is 0 Å². The minimum Gasteiger partial charge on any atom is -0.476 e. The molecule has 0 saturated heterocycles. The molecule has 0 bridgehead atoms. The second-order valence-corrected chi connectivity index (χ2v) is 5.14. The number of nitrogens with zero attached hydrogens (tertiary/aromatic N) is 2. The van der Waals surface area contributed by atoms with Crippen LogP contribution in [0.1, 0.15) is 40.8 Å². The number of carboxylic acid groups (broad SMARTS) is 1. The average Bonchev–Trinajstić information content (AvgIpc) is 2.81. The van der Waals surface area contributed by atoms with Gasteiger partial charge in [0, 0.05) is 5.56 Å². The molecule has 2 aromatic rings. The van der Waals surface area contributed by atoms with E-state index in [2.05, 4.69) is 4.98 Å². The SMILES string of the molecule is Cc1ccc(-c2nc(C(=O)O)c3n2C(O)CCC3)cc1. The molecular formula is C15H16N2O3. The third-order valence-corrected chi connectivity index (χ3v) is 3.70. The molecule has 1 unspecified atom stereocenters. The van der Waals surface area contributed by atoms with Crippen LogP contribution in [0.4, 0.5) is 0 Å². The van der Waals surface area contributed by atoms with Gasteiger partial charge in [-0.3, -0.25) is 0 Å². The Morgan fingerprint density at radius 1 is 1.35 bits per heavy atom. The summed E-state index contributed by atoms with van der Waals surface area (Å²) >= 11 is 0. The Bertz CT molecular complexity index is 659. The number of carboxylic acids is 1. The van der Waals surface area contributed by atoms with Crippen molar-refractivity contribution in [2.24, 2.45) is 0 Å². The smallest absolute Gasteiger partial charge is 0.356 e. The van der Waals surface area contributed by atoms with Gasteiger partial charge in [-0.1, -0.05) is 29.8 Å². The largest absolute Gasteiger partial charge is 0.476 e. The van der Waals surface area contributed by atoms with E-state index in [1.165, 1.54) is 0 Å². The van der Waals surface area contributed by atoms with E-state index in [4.69, 9.17) is 0 Å². The van der Waals surface area contributed by atoms with Gasteiger partial charge in [-0.2, -0.15) is 0 Å². The van der Waals surface area contributed by atoms with Gasteiger partial charge in [0.15, 0.2) is 5.69 Å². The molecule has 1 aliphatic heterocycles. The molecule has 0 aliphatic carbocycles. The standard InChI is InChI=1S/C15H16N2O3/c1-9-5-7-10(8-6-9)14-16-13(15(19)20)11-3-2-4-12(18)17(11)14/h5-8,12,18H,2-4H2,1H3,(H,19,20). The van der Waals surface area contributed by atoms with Crippen LogP contribution in [0.25, 0.3) is 11.4 Å². The Morgan fingerprint density at radius 3 is 2.70 bits per heavy atom. The van der Waals surface area contributed by atoms with Gasteiger partial charge in [0.05, 0.1) is 5.69 Å². The number of rotatable bonds is 2. The first-order chi connectivity index (χ1) is 9.58. The molecule has 0 radical (unpaired) electrons. The summed E-state index contributed by atoms with van der Waals surface area (Å²) in [5.41, 5.74) is 2.62. The summed E-state index contributed by atoms with van der Waals surface area (Å²) < 4.78 is 1.66. The van der Waals surface area contributed by atoms with E-state index < -0.39 is 12.2 Å². The van der Waals surface area contributed by atoms with Crippen LogP contribution in [0.2, 0.25) is 0 Å². The highest BCUT2D eigenvalue weighted by molar-refractivity contribution is 5.88. The lowest BCUT2D eigenvalue weighted by molar-refractivity contribution is 0.0678. The summed E-state index contributed by atoms with van der Waals surface area (Å²) in [5, 5.41) is 19.5. The highest BCUT2D eigenvalue weighted by Crippen LogP contribution is 2.32. The number of carbonyl (C=O) groups is 1. The molecule has 0 amide bonds. The van der Waals surface area contributed by atoms with Crippen LogP contribution in [0.5, 0.6) is 0 Å². The first kappa shape index (κ1) is 12.9. The highest BCUT2D eigenvalue weighted by atomic mass is 16.4. The summed E-state index contributed by atoms with van der Waals surface area (Å²) in [7, 11) is 0. The summed E-state index contributed by atoms with van der Waals surface area (Å²) in [4.78, 5) is 15.6. The van der Waals surface area contributed by atoms with Crippen molar-refractivity contribution in [2.45, 2.75) is 32.4 Å². The number of hydrogen-bond donors (Lipinski definition) is 2. The number of aromatic carboxylic acids is 1. The number of aliphatic hydroxyl groups is 1. The van der Waals surface area contributed by atoms with E-state index >= 15 is 0 Å². The molecule has 1 aromatic heterocycles. The number of aromatic nitrogens is 2. The summed E-state index contributed by atoms with van der Waals surface area (Å²) in [6.07, 6.45) is 1.34. The van der Waals surface area contributed by atoms with E-state index in [0.29, 0.717) is 24.4 Å². The van der Waals surface area contributed by atoms with Crippen LogP contribution >= 0.6 is 0 Å². The van der Waals surface area contributed by atoms with Gasteiger partial charge in [-0.05, 0) is 26.2 Å². The van der Waals surface area contributed by atoms with Crippen LogP contribution in [0.15, 0.2) is 24.3 Å². The van der Waals surface area contributed by atoms with Crippen molar-refractivity contribution in [3.8, 4) is 11.4 Å². The molecule has 20 heavy (non-hydrogen) atoms. The molecule has 0 spiro atoms. The molecule has 104 valence electrons. The molecule has 2 N–H and O–H groups in total. The fraction of sp³-hybridized carbons (Fsp3) is 0.333. The molecule has 5 heteroatoms. The van der Waals surface area contributed by atoms with Gasteiger partial charge < -0.3 is 14.8 Å². The molecule has 1 aliphatic rings. The van der Waals surface area contributed by atoms with Gasteiger partial charge in [0.1, 0.15) is 12.1 Å². The molecule has 0 fully saturated rings. The molecule has 3 rings (SSSR count). The maximum atomic E-state index is 11.3. The lowest BCUT2D eigenvalue weighted by atomic mass is 10.1. The Balaban J connectivity index is 2.20. The van der Waals surface area contributed by atoms with Crippen LogP contribution in [-0.2, 0) is 6.42 Å². The Labute approximate surface area is 116 Å². The summed E-state index contributed by atoms with van der Waals surface area (Å²) in [6, 6.07) is 7.70. The third kappa shape index (κ3) is 2.00. The monoisotopic (exact) mass is 272 g/mol. The molecular weight excluding hydrogens is 256 g/mol. The second-order valence-electron chi connectivity index (χ2n) is 5.14. The first-order valence-corrected chi connectivity index (χ1v) is 6.67. The zero-order chi connectivity index (χ0) is 14.3. The van der Waals surface area contributed by atoms with Gasteiger partial charge >= 0.3 is 5.97 Å². The Morgan fingerprint density at radius 2 is 2.05 bits per heavy atom. The van der Waals surface area contributed by atoms with Crippen molar-refractivity contribution in [3.05, 3.63) is 41.2 Å². The van der Waals surface area contributed by atoms with Crippen molar-refractivity contribution < 1.29 is 15.0 Å². The van der Waals surface area contributed by atoms with Gasteiger partial charge in [-0.25, -0.2) is 9.78 Å². The van der Waals surface area contributed by atoms with Crippen molar-refractivity contribution in [3.63, 3.8) is 0 Å². The molecule has 2 heterocycles. The number of fused-ring (bicyclic) bond motifs is 1. The minimum atomic E-state index is -1.04. The normalized spacial score (nSPS) is 17.8. The number of benzene rings is 1. The fourth-order valence-electron chi connectivity index (χ4n) is 2.68. The minimum absolute atomic E-state index is 0.0549. The van der Waals surface area contributed by atoms with Gasteiger partial charge in [0.2, 0.25) is 0 Å². The van der Waals surface area contributed by atoms with Crippen LogP contribution in [0, 0.1) is 6.92 Å². The average molecular weight is 272 g/mol.